The molecule has 0 radical (unpaired) electrons. The van der Waals surface area contributed by atoms with Crippen LogP contribution in [0.2, 0.25) is 0 Å². The predicted octanol–water partition coefficient (Wildman–Crippen LogP) is 1.01. The van der Waals surface area contributed by atoms with Crippen molar-refractivity contribution in [2.24, 2.45) is 5.92 Å². The SMILES string of the molecule is CCC(CC(C)C(=O)O)NC(C)=O. The van der Waals surface area contributed by atoms with Crippen LogP contribution in [0.15, 0.2) is 0 Å². The molecule has 4 heteroatoms. The second kappa shape index (κ2) is 5.56. The van der Waals surface area contributed by atoms with Crippen molar-refractivity contribution < 1.29 is 14.7 Å². The molecule has 0 aliphatic carbocycles. The van der Waals surface area contributed by atoms with Crippen LogP contribution in [0, 0.1) is 5.92 Å². The highest BCUT2D eigenvalue weighted by atomic mass is 16.4. The summed E-state index contributed by atoms with van der Waals surface area (Å²) < 4.78 is 0. The molecule has 0 fully saturated rings. The van der Waals surface area contributed by atoms with Gasteiger partial charge in [0.1, 0.15) is 0 Å². The molecule has 2 unspecified atom stereocenters. The number of carboxylic acids is 1. The predicted molar refractivity (Wildman–Crippen MR) is 49.3 cm³/mol. The van der Waals surface area contributed by atoms with E-state index >= 15 is 0 Å². The standard InChI is InChI=1S/C9H17NO3/c1-4-8(10-7(3)11)5-6(2)9(12)13/h6,8H,4-5H2,1-3H3,(H,10,11)(H,12,13). The van der Waals surface area contributed by atoms with Crippen LogP contribution < -0.4 is 5.32 Å². The van der Waals surface area contributed by atoms with Crippen molar-refractivity contribution in [1.29, 1.82) is 0 Å². The fourth-order valence-corrected chi connectivity index (χ4v) is 1.14. The molecular weight excluding hydrogens is 170 g/mol. The normalized spacial score (nSPS) is 14.7. The molecule has 2 N–H and O–H groups in total. The molecule has 2 atom stereocenters. The molecule has 0 rings (SSSR count). The van der Waals surface area contributed by atoms with Crippen molar-refractivity contribution >= 4 is 11.9 Å². The molecule has 0 bridgehead atoms. The molecule has 0 saturated carbocycles. The molecule has 0 saturated heterocycles. The first kappa shape index (κ1) is 11.9. The van der Waals surface area contributed by atoms with E-state index in [-0.39, 0.29) is 11.9 Å². The Balaban J connectivity index is 3.97. The maximum Gasteiger partial charge on any atom is 0.306 e. The molecule has 0 aliphatic heterocycles. The van der Waals surface area contributed by atoms with E-state index in [1.165, 1.54) is 6.92 Å². The Morgan fingerprint density at radius 3 is 2.31 bits per heavy atom. The summed E-state index contributed by atoms with van der Waals surface area (Å²) in [6, 6.07) is -0.0244. The van der Waals surface area contributed by atoms with Gasteiger partial charge in [0, 0.05) is 13.0 Å². The number of aliphatic carboxylic acids is 1. The van der Waals surface area contributed by atoms with E-state index in [0.717, 1.165) is 6.42 Å². The van der Waals surface area contributed by atoms with E-state index in [2.05, 4.69) is 5.32 Å². The monoisotopic (exact) mass is 187 g/mol. The van der Waals surface area contributed by atoms with E-state index in [1.807, 2.05) is 6.92 Å². The summed E-state index contributed by atoms with van der Waals surface area (Å²) in [6.07, 6.45) is 1.25. The van der Waals surface area contributed by atoms with E-state index < -0.39 is 11.9 Å². The number of carbonyl (C=O) groups is 2. The molecule has 4 nitrogen and oxygen atoms in total. The number of nitrogens with one attached hydrogen (secondary N) is 1. The Labute approximate surface area is 78.3 Å². The Bertz CT molecular complexity index is 191. The highest BCUT2D eigenvalue weighted by molar-refractivity contribution is 5.73. The van der Waals surface area contributed by atoms with Gasteiger partial charge < -0.3 is 10.4 Å². The lowest BCUT2D eigenvalue weighted by Gasteiger charge is -2.17. The maximum absolute atomic E-state index is 10.7. The lowest BCUT2D eigenvalue weighted by atomic mass is 10.0. The first-order valence-electron chi connectivity index (χ1n) is 4.47. The van der Waals surface area contributed by atoms with Gasteiger partial charge in [0.15, 0.2) is 0 Å². The summed E-state index contributed by atoms with van der Waals surface area (Å²) in [6.45, 7) is 5.01. The second-order valence-corrected chi connectivity index (χ2v) is 3.28. The zero-order valence-corrected chi connectivity index (χ0v) is 8.33. The molecule has 13 heavy (non-hydrogen) atoms. The lowest BCUT2D eigenvalue weighted by molar-refractivity contribution is -0.141. The Kier molecular flexibility index (Phi) is 5.11. The van der Waals surface area contributed by atoms with Crippen LogP contribution in [0.25, 0.3) is 0 Å². The average Bonchev–Trinajstić information content (AvgIpc) is 2.02. The van der Waals surface area contributed by atoms with Gasteiger partial charge in [0.05, 0.1) is 5.92 Å². The Morgan fingerprint density at radius 1 is 1.46 bits per heavy atom. The van der Waals surface area contributed by atoms with Gasteiger partial charge >= 0.3 is 5.97 Å². The zero-order chi connectivity index (χ0) is 10.4. The minimum Gasteiger partial charge on any atom is -0.481 e. The molecule has 0 aromatic heterocycles. The molecule has 1 amide bonds. The van der Waals surface area contributed by atoms with E-state index in [9.17, 15) is 9.59 Å². The fraction of sp³-hybridized carbons (Fsp3) is 0.778. The molecule has 0 heterocycles. The highest BCUT2D eigenvalue weighted by Crippen LogP contribution is 2.08. The van der Waals surface area contributed by atoms with Crippen LogP contribution in [0.4, 0.5) is 0 Å². The average molecular weight is 187 g/mol. The maximum atomic E-state index is 10.7. The third-order valence-corrected chi connectivity index (χ3v) is 1.96. The van der Waals surface area contributed by atoms with Gasteiger partial charge in [-0.2, -0.15) is 0 Å². The summed E-state index contributed by atoms with van der Waals surface area (Å²) in [5, 5.41) is 11.4. The summed E-state index contributed by atoms with van der Waals surface area (Å²) in [5.74, 6) is -1.33. The van der Waals surface area contributed by atoms with Crippen LogP contribution in [-0.2, 0) is 9.59 Å². The largest absolute Gasteiger partial charge is 0.481 e. The Hall–Kier alpha value is -1.06. The van der Waals surface area contributed by atoms with Crippen LogP contribution in [0.3, 0.4) is 0 Å². The van der Waals surface area contributed by atoms with E-state index in [1.54, 1.807) is 6.92 Å². The third-order valence-electron chi connectivity index (χ3n) is 1.96. The number of hydrogen-bond acceptors (Lipinski definition) is 2. The van der Waals surface area contributed by atoms with Crippen LogP contribution in [-0.4, -0.2) is 23.0 Å². The quantitative estimate of drug-likeness (QED) is 0.675. The van der Waals surface area contributed by atoms with Crippen molar-refractivity contribution in [2.45, 2.75) is 39.7 Å². The number of carbonyl (C=O) groups excluding carboxylic acids is 1. The van der Waals surface area contributed by atoms with E-state index in [4.69, 9.17) is 5.11 Å². The first-order valence-corrected chi connectivity index (χ1v) is 4.47. The number of amides is 1. The fourth-order valence-electron chi connectivity index (χ4n) is 1.14. The number of rotatable bonds is 5. The van der Waals surface area contributed by atoms with Crippen molar-refractivity contribution in [1.82, 2.24) is 5.32 Å². The van der Waals surface area contributed by atoms with Crippen molar-refractivity contribution in [2.75, 3.05) is 0 Å². The van der Waals surface area contributed by atoms with Crippen molar-refractivity contribution in [3.8, 4) is 0 Å². The molecule has 0 aromatic carbocycles. The first-order chi connectivity index (χ1) is 5.97. The van der Waals surface area contributed by atoms with Gasteiger partial charge in [0.2, 0.25) is 5.91 Å². The number of carboxylic acid groups (broad SMARTS) is 1. The van der Waals surface area contributed by atoms with Crippen molar-refractivity contribution in [3.05, 3.63) is 0 Å². The minimum atomic E-state index is -0.816. The summed E-state index contributed by atoms with van der Waals surface area (Å²) in [7, 11) is 0. The molecule has 76 valence electrons. The summed E-state index contributed by atoms with van der Waals surface area (Å²) >= 11 is 0. The summed E-state index contributed by atoms with van der Waals surface area (Å²) in [5.41, 5.74) is 0. The molecule has 0 aromatic rings. The second-order valence-electron chi connectivity index (χ2n) is 3.28. The molecular formula is C9H17NO3. The van der Waals surface area contributed by atoms with Crippen LogP contribution >= 0.6 is 0 Å². The van der Waals surface area contributed by atoms with Gasteiger partial charge in [-0.05, 0) is 12.8 Å². The Morgan fingerprint density at radius 2 is 2.00 bits per heavy atom. The van der Waals surface area contributed by atoms with Gasteiger partial charge in [0.25, 0.3) is 0 Å². The third kappa shape index (κ3) is 5.22. The van der Waals surface area contributed by atoms with Crippen LogP contribution in [0.1, 0.15) is 33.6 Å². The summed E-state index contributed by atoms with van der Waals surface area (Å²) in [4.78, 5) is 21.2. The van der Waals surface area contributed by atoms with Gasteiger partial charge in [-0.25, -0.2) is 0 Å². The highest BCUT2D eigenvalue weighted by Gasteiger charge is 2.17. The number of hydrogen-bond donors (Lipinski definition) is 2. The smallest absolute Gasteiger partial charge is 0.306 e. The molecule has 0 spiro atoms. The van der Waals surface area contributed by atoms with Crippen LogP contribution in [0.5, 0.6) is 0 Å². The molecule has 0 aliphatic rings. The van der Waals surface area contributed by atoms with Gasteiger partial charge in [-0.15, -0.1) is 0 Å². The van der Waals surface area contributed by atoms with Gasteiger partial charge in [-0.1, -0.05) is 13.8 Å². The topological polar surface area (TPSA) is 66.4 Å². The van der Waals surface area contributed by atoms with Gasteiger partial charge in [-0.3, -0.25) is 9.59 Å². The van der Waals surface area contributed by atoms with E-state index in [0.29, 0.717) is 6.42 Å². The van der Waals surface area contributed by atoms with Crippen molar-refractivity contribution in [3.63, 3.8) is 0 Å². The zero-order valence-electron chi connectivity index (χ0n) is 8.33. The minimum absolute atomic E-state index is 0.0244. The lowest BCUT2D eigenvalue weighted by Crippen LogP contribution is -2.35.